The highest BCUT2D eigenvalue weighted by molar-refractivity contribution is 6.38. The van der Waals surface area contributed by atoms with Crippen molar-refractivity contribution in [1.29, 1.82) is 0 Å². The lowest BCUT2D eigenvalue weighted by molar-refractivity contribution is -0.145. The van der Waals surface area contributed by atoms with Crippen LogP contribution >= 0.6 is 11.6 Å². The number of methoxy groups -OCH3 is 2. The molecule has 4 fully saturated rings. The molecule has 3 aliphatic heterocycles. The van der Waals surface area contributed by atoms with Crippen LogP contribution in [0.4, 0.5) is 0 Å². The number of ketones is 1. The van der Waals surface area contributed by atoms with Crippen molar-refractivity contribution < 1.29 is 43.0 Å². The quantitative estimate of drug-likeness (QED) is 0.239. The van der Waals surface area contributed by atoms with Crippen LogP contribution in [0.15, 0.2) is 17.3 Å². The molecule has 5 aliphatic rings. The average Bonchev–Trinajstić information content (AvgIpc) is 3.72. The zero-order valence-electron chi connectivity index (χ0n) is 32.0. The second kappa shape index (κ2) is 16.4. The molecule has 54 heavy (non-hydrogen) atoms. The Morgan fingerprint density at radius 3 is 2.30 bits per heavy atom. The number of hydrogen-bond donors (Lipinski definition) is 3. The fourth-order valence-corrected chi connectivity index (χ4v) is 8.05. The van der Waals surface area contributed by atoms with Gasteiger partial charge in [0.2, 0.25) is 23.5 Å². The zero-order valence-corrected chi connectivity index (χ0v) is 32.7. The first-order chi connectivity index (χ1) is 25.7. The largest absolute Gasteiger partial charge is 0.496 e. The van der Waals surface area contributed by atoms with Crippen LogP contribution in [0.25, 0.3) is 0 Å². The molecule has 296 valence electrons. The molecule has 2 saturated carbocycles. The Morgan fingerprint density at radius 1 is 0.981 bits per heavy atom. The maximum absolute atomic E-state index is 14.8. The molecule has 15 heteroatoms. The molecule has 1 aromatic carbocycles. The number of likely N-dealkylation sites (tertiary alicyclic amines) is 1. The number of amides is 4. The Labute approximate surface area is 321 Å². The molecule has 0 aromatic heterocycles. The van der Waals surface area contributed by atoms with Crippen LogP contribution in [0.3, 0.4) is 0 Å². The van der Waals surface area contributed by atoms with Crippen LogP contribution in [0.1, 0.15) is 97.0 Å². The van der Waals surface area contributed by atoms with E-state index < -0.39 is 52.6 Å². The first-order valence-corrected chi connectivity index (χ1v) is 19.6. The van der Waals surface area contributed by atoms with E-state index in [9.17, 15) is 24.0 Å². The molecular formula is C39H54ClN5O9. The topological polar surface area (TPSA) is 174 Å². The fourth-order valence-electron chi connectivity index (χ4n) is 7.81. The van der Waals surface area contributed by atoms with Gasteiger partial charge in [0, 0.05) is 50.1 Å². The predicted molar refractivity (Wildman–Crippen MR) is 199 cm³/mol. The van der Waals surface area contributed by atoms with Crippen molar-refractivity contribution in [2.24, 2.45) is 22.4 Å². The van der Waals surface area contributed by atoms with Gasteiger partial charge in [0.25, 0.3) is 5.91 Å². The van der Waals surface area contributed by atoms with E-state index in [0.29, 0.717) is 47.4 Å². The van der Waals surface area contributed by atoms with Crippen molar-refractivity contribution in [3.8, 4) is 11.5 Å². The molecule has 0 bridgehead atoms. The summed E-state index contributed by atoms with van der Waals surface area (Å²) in [5, 5.41) is 13.4. The van der Waals surface area contributed by atoms with Crippen LogP contribution in [0.5, 0.6) is 11.5 Å². The number of ether oxygens (including phenoxy) is 3. The number of benzene rings is 1. The summed E-state index contributed by atoms with van der Waals surface area (Å²) >= 11 is 6.50. The predicted octanol–water partition coefficient (Wildman–Crippen LogP) is 3.69. The van der Waals surface area contributed by atoms with Crippen molar-refractivity contribution in [2.45, 2.75) is 121 Å². The van der Waals surface area contributed by atoms with E-state index in [4.69, 9.17) is 30.6 Å². The lowest BCUT2D eigenvalue weighted by Gasteiger charge is -2.36. The van der Waals surface area contributed by atoms with Gasteiger partial charge in [-0.1, -0.05) is 56.8 Å². The number of hydrogen-bond acceptors (Lipinski definition) is 10. The van der Waals surface area contributed by atoms with Gasteiger partial charge in [-0.15, -0.1) is 0 Å². The number of nitrogens with zero attached hydrogens (tertiary/aromatic N) is 2. The molecule has 4 atom stereocenters. The minimum Gasteiger partial charge on any atom is -0.496 e. The molecule has 0 radical (unpaired) electrons. The van der Waals surface area contributed by atoms with Crippen molar-refractivity contribution in [1.82, 2.24) is 20.9 Å². The molecule has 14 nitrogen and oxygen atoms in total. The van der Waals surface area contributed by atoms with Crippen LogP contribution < -0.4 is 25.4 Å². The van der Waals surface area contributed by atoms with E-state index in [1.807, 2.05) is 20.8 Å². The Balaban J connectivity index is 1.27. The second-order valence-corrected chi connectivity index (χ2v) is 17.1. The first kappa shape index (κ1) is 39.8. The van der Waals surface area contributed by atoms with E-state index in [1.54, 1.807) is 12.1 Å². The molecule has 2 saturated heterocycles. The number of rotatable bonds is 14. The normalized spacial score (nSPS) is 24.1. The van der Waals surface area contributed by atoms with Crippen LogP contribution in [0.2, 0.25) is 5.02 Å². The van der Waals surface area contributed by atoms with Crippen molar-refractivity contribution in [2.75, 3.05) is 34.0 Å². The SMILES string of the molecule is COc1cc(OC)c(C2=NO[C@]3(C2)C[C@@H](C(=O)NC(CC2CCC2)C(=O)C(=O)NC2CC2)N(C(=O)[C@@H](NC(=O)CC2CCOCC2)C(C)(C)C)C3)cc1Cl. The number of nitrogens with one attached hydrogen (secondary N) is 3. The van der Waals surface area contributed by atoms with Crippen molar-refractivity contribution in [3.63, 3.8) is 0 Å². The number of oxime groups is 1. The zero-order chi connectivity index (χ0) is 38.8. The molecule has 6 rings (SSSR count). The van der Waals surface area contributed by atoms with Gasteiger partial charge in [0.05, 0.1) is 37.5 Å². The van der Waals surface area contributed by atoms with Gasteiger partial charge in [-0.2, -0.15) is 0 Å². The van der Waals surface area contributed by atoms with Gasteiger partial charge in [0.1, 0.15) is 23.6 Å². The molecule has 2 aliphatic carbocycles. The van der Waals surface area contributed by atoms with Gasteiger partial charge in [0.15, 0.2) is 5.60 Å². The lowest BCUT2D eigenvalue weighted by Crippen LogP contribution is -2.59. The minimum absolute atomic E-state index is 0.0189. The standard InChI is InChI=1S/C39H54ClN5O9/c1-38(2,3)34(43-32(46)16-23-11-13-53-14-12-23)37(50)45-21-39(19-28(44-54-39)25-17-26(40)31(52-5)18-30(25)51-4)20-29(45)35(48)42-27(15-22-7-6-8-22)33(47)36(49)41-24-9-10-24/h17-18,22-24,27,29,34H,6-16,19-21H2,1-5H3,(H,41,49)(H,42,48)(H,43,46)/t27?,29-,34+,39+/m0/s1. The second-order valence-electron chi connectivity index (χ2n) is 16.7. The van der Waals surface area contributed by atoms with Gasteiger partial charge < -0.3 is 39.9 Å². The molecule has 3 N–H and O–H groups in total. The van der Waals surface area contributed by atoms with E-state index in [0.717, 1.165) is 44.9 Å². The third-order valence-corrected chi connectivity index (χ3v) is 11.7. The Hall–Kier alpha value is -3.91. The highest BCUT2D eigenvalue weighted by Crippen LogP contribution is 2.43. The summed E-state index contributed by atoms with van der Waals surface area (Å²) in [7, 11) is 3.02. The summed E-state index contributed by atoms with van der Waals surface area (Å²) in [5.74, 6) is -1.43. The first-order valence-electron chi connectivity index (χ1n) is 19.2. The molecule has 3 heterocycles. The average molecular weight is 772 g/mol. The number of carbonyl (C=O) groups excluding carboxylic acids is 5. The van der Waals surface area contributed by atoms with E-state index in [-0.39, 0.29) is 49.6 Å². The van der Waals surface area contributed by atoms with Gasteiger partial charge in [-0.05, 0) is 55.4 Å². The summed E-state index contributed by atoms with van der Waals surface area (Å²) < 4.78 is 16.4. The minimum atomic E-state index is -1.12. The van der Waals surface area contributed by atoms with Crippen molar-refractivity contribution in [3.05, 3.63) is 22.7 Å². The Kier molecular flexibility index (Phi) is 12.1. The molecule has 1 aromatic rings. The lowest BCUT2D eigenvalue weighted by atomic mass is 9.80. The number of Topliss-reactive ketones (excluding diaryl/α,β-unsaturated/α-hetero) is 1. The van der Waals surface area contributed by atoms with Crippen LogP contribution in [0, 0.1) is 17.3 Å². The van der Waals surface area contributed by atoms with Crippen LogP contribution in [-0.2, 0) is 33.5 Å². The molecular weight excluding hydrogens is 718 g/mol. The Morgan fingerprint density at radius 2 is 1.69 bits per heavy atom. The van der Waals surface area contributed by atoms with Gasteiger partial charge in [-0.3, -0.25) is 24.0 Å². The summed E-state index contributed by atoms with van der Waals surface area (Å²) in [6.45, 7) is 6.77. The maximum Gasteiger partial charge on any atom is 0.289 e. The van der Waals surface area contributed by atoms with E-state index >= 15 is 0 Å². The molecule has 4 amide bonds. The van der Waals surface area contributed by atoms with Gasteiger partial charge >= 0.3 is 0 Å². The summed E-state index contributed by atoms with van der Waals surface area (Å²) in [5.41, 5.74) is -0.757. The molecule has 1 spiro atoms. The van der Waals surface area contributed by atoms with Crippen LogP contribution in [-0.4, -0.2) is 104 Å². The van der Waals surface area contributed by atoms with Gasteiger partial charge in [-0.25, -0.2) is 0 Å². The highest BCUT2D eigenvalue weighted by Gasteiger charge is 2.56. The number of carbonyl (C=O) groups is 5. The maximum atomic E-state index is 14.8. The Bertz CT molecular complexity index is 1650. The smallest absolute Gasteiger partial charge is 0.289 e. The monoisotopic (exact) mass is 771 g/mol. The third kappa shape index (κ3) is 9.13. The third-order valence-electron chi connectivity index (χ3n) is 11.4. The fraction of sp³-hybridized carbons (Fsp3) is 0.692. The van der Waals surface area contributed by atoms with Crippen molar-refractivity contribution >= 4 is 46.7 Å². The summed E-state index contributed by atoms with van der Waals surface area (Å²) in [4.78, 5) is 76.7. The van der Waals surface area contributed by atoms with E-state index in [1.165, 1.54) is 19.1 Å². The number of halogens is 1. The summed E-state index contributed by atoms with van der Waals surface area (Å²) in [6, 6.07) is 0.197. The molecule has 1 unspecified atom stereocenters. The van der Waals surface area contributed by atoms with E-state index in [2.05, 4.69) is 21.1 Å². The summed E-state index contributed by atoms with van der Waals surface area (Å²) in [6.07, 6.45) is 6.88. The highest BCUT2D eigenvalue weighted by atomic mass is 35.5.